The van der Waals surface area contributed by atoms with Gasteiger partial charge in [-0.3, -0.25) is 0 Å². The van der Waals surface area contributed by atoms with E-state index in [1.165, 1.54) is 19.3 Å². The maximum atomic E-state index is 9.84. The van der Waals surface area contributed by atoms with Gasteiger partial charge in [-0.15, -0.1) is 0 Å². The maximum Gasteiger partial charge on any atom is 0.0543 e. The lowest BCUT2D eigenvalue weighted by molar-refractivity contribution is 0.0560. The van der Waals surface area contributed by atoms with Crippen LogP contribution in [0.1, 0.15) is 59.8 Å². The van der Waals surface area contributed by atoms with Gasteiger partial charge >= 0.3 is 0 Å². The molecule has 0 aliphatic heterocycles. The summed E-state index contributed by atoms with van der Waals surface area (Å²) in [5, 5.41) is 9.84. The zero-order valence-electron chi connectivity index (χ0n) is 11.9. The van der Waals surface area contributed by atoms with Crippen molar-refractivity contribution >= 4 is 0 Å². The first-order chi connectivity index (χ1) is 7.91. The predicted molar refractivity (Wildman–Crippen MR) is 72.8 cm³/mol. The average Bonchev–Trinajstić information content (AvgIpc) is 2.50. The Morgan fingerprint density at radius 1 is 1.35 bits per heavy atom. The van der Waals surface area contributed by atoms with Crippen LogP contribution in [-0.2, 0) is 0 Å². The third kappa shape index (κ3) is 2.59. The highest BCUT2D eigenvalue weighted by atomic mass is 16.3. The Morgan fingerprint density at radius 3 is 2.65 bits per heavy atom. The van der Waals surface area contributed by atoms with E-state index in [0.717, 1.165) is 30.6 Å². The third-order valence-electron chi connectivity index (χ3n) is 5.67. The maximum absolute atomic E-state index is 9.84. The van der Waals surface area contributed by atoms with E-state index in [0.29, 0.717) is 5.41 Å². The fourth-order valence-corrected chi connectivity index (χ4v) is 3.67. The number of rotatable bonds is 2. The van der Waals surface area contributed by atoms with E-state index >= 15 is 0 Å². The molecule has 1 nitrogen and oxygen atoms in total. The Labute approximate surface area is 106 Å². The van der Waals surface area contributed by atoms with Gasteiger partial charge in [-0.05, 0) is 62.2 Å². The molecular formula is C16H28O. The van der Waals surface area contributed by atoms with E-state index in [1.807, 2.05) is 0 Å². The topological polar surface area (TPSA) is 20.2 Å². The summed E-state index contributed by atoms with van der Waals surface area (Å²) in [6, 6.07) is 0. The average molecular weight is 236 g/mol. The molecule has 1 saturated carbocycles. The van der Waals surface area contributed by atoms with Crippen LogP contribution in [-0.4, -0.2) is 11.2 Å². The third-order valence-corrected chi connectivity index (χ3v) is 5.67. The summed E-state index contributed by atoms with van der Waals surface area (Å²) in [6.07, 6.45) is 8.21. The Balaban J connectivity index is 1.97. The van der Waals surface area contributed by atoms with Gasteiger partial charge in [0.05, 0.1) is 6.10 Å². The monoisotopic (exact) mass is 236 g/mol. The Hall–Kier alpha value is -0.300. The van der Waals surface area contributed by atoms with E-state index in [9.17, 15) is 5.11 Å². The number of aliphatic hydroxyl groups excluding tert-OH is 1. The standard InChI is InChI=1S/C16H28O/c1-11-5-8-15(17)10-13(11)9-14-7-6-12(2)16(14,3)4/h6,11,13-15,17H,5,7-10H2,1-4H3/t11?,13?,14-,15?/m0/s1. The molecule has 17 heavy (non-hydrogen) atoms. The summed E-state index contributed by atoms with van der Waals surface area (Å²) < 4.78 is 0. The molecular weight excluding hydrogens is 208 g/mol. The number of aliphatic hydroxyl groups is 1. The van der Waals surface area contributed by atoms with Crippen molar-refractivity contribution in [3.63, 3.8) is 0 Å². The van der Waals surface area contributed by atoms with Crippen LogP contribution >= 0.6 is 0 Å². The fourth-order valence-electron chi connectivity index (χ4n) is 3.67. The van der Waals surface area contributed by atoms with Gasteiger partial charge in [-0.2, -0.15) is 0 Å². The highest BCUT2D eigenvalue weighted by Crippen LogP contribution is 2.48. The van der Waals surface area contributed by atoms with Gasteiger partial charge in [0.15, 0.2) is 0 Å². The molecule has 0 aromatic carbocycles. The van der Waals surface area contributed by atoms with Crippen molar-refractivity contribution in [3.8, 4) is 0 Å². The molecule has 1 N–H and O–H groups in total. The SMILES string of the molecule is CC1=CC[C@@H](CC2CC(O)CCC2C)C1(C)C. The van der Waals surface area contributed by atoms with Gasteiger partial charge in [0.2, 0.25) is 0 Å². The normalized spacial score (nSPS) is 41.4. The van der Waals surface area contributed by atoms with Crippen LogP contribution in [0.4, 0.5) is 0 Å². The Bertz CT molecular complexity index is 303. The first-order valence-corrected chi connectivity index (χ1v) is 7.26. The zero-order chi connectivity index (χ0) is 12.6. The molecule has 0 heterocycles. The summed E-state index contributed by atoms with van der Waals surface area (Å²) in [5.41, 5.74) is 1.94. The van der Waals surface area contributed by atoms with Gasteiger partial charge in [0.1, 0.15) is 0 Å². The summed E-state index contributed by atoms with van der Waals surface area (Å²) in [6.45, 7) is 9.43. The molecule has 0 saturated heterocycles. The molecule has 3 unspecified atom stereocenters. The quantitative estimate of drug-likeness (QED) is 0.714. The molecule has 0 spiro atoms. The van der Waals surface area contributed by atoms with Crippen LogP contribution < -0.4 is 0 Å². The van der Waals surface area contributed by atoms with Crippen LogP contribution in [0.3, 0.4) is 0 Å². The molecule has 2 rings (SSSR count). The van der Waals surface area contributed by atoms with Gasteiger partial charge in [-0.1, -0.05) is 32.4 Å². The highest BCUT2D eigenvalue weighted by molar-refractivity contribution is 5.18. The Kier molecular flexibility index (Phi) is 3.68. The first kappa shape index (κ1) is 13.1. The molecule has 1 fully saturated rings. The molecule has 0 amide bonds. The Morgan fingerprint density at radius 2 is 2.06 bits per heavy atom. The van der Waals surface area contributed by atoms with Crippen molar-refractivity contribution in [1.29, 1.82) is 0 Å². The van der Waals surface area contributed by atoms with Crippen molar-refractivity contribution < 1.29 is 5.11 Å². The van der Waals surface area contributed by atoms with Crippen LogP contribution in [0, 0.1) is 23.2 Å². The first-order valence-electron chi connectivity index (χ1n) is 7.26. The second-order valence-corrected chi connectivity index (χ2v) is 6.98. The molecule has 0 aromatic rings. The van der Waals surface area contributed by atoms with Crippen LogP contribution in [0.2, 0.25) is 0 Å². The minimum absolute atomic E-state index is 0.0326. The smallest absolute Gasteiger partial charge is 0.0543 e. The van der Waals surface area contributed by atoms with Crippen molar-refractivity contribution in [3.05, 3.63) is 11.6 Å². The molecule has 4 atom stereocenters. The van der Waals surface area contributed by atoms with Gasteiger partial charge in [0, 0.05) is 0 Å². The minimum Gasteiger partial charge on any atom is -0.393 e. The van der Waals surface area contributed by atoms with Crippen molar-refractivity contribution in [2.45, 2.75) is 65.9 Å². The molecule has 1 heteroatoms. The van der Waals surface area contributed by atoms with Crippen LogP contribution in [0.15, 0.2) is 11.6 Å². The molecule has 2 aliphatic rings. The second-order valence-electron chi connectivity index (χ2n) is 6.98. The lowest BCUT2D eigenvalue weighted by Gasteiger charge is -2.38. The minimum atomic E-state index is -0.0326. The predicted octanol–water partition coefficient (Wildman–Crippen LogP) is 4.17. The van der Waals surface area contributed by atoms with Crippen molar-refractivity contribution in [1.82, 2.24) is 0 Å². The van der Waals surface area contributed by atoms with Crippen LogP contribution in [0.25, 0.3) is 0 Å². The van der Waals surface area contributed by atoms with E-state index in [1.54, 1.807) is 5.57 Å². The zero-order valence-corrected chi connectivity index (χ0v) is 11.9. The van der Waals surface area contributed by atoms with E-state index in [2.05, 4.69) is 33.8 Å². The summed E-state index contributed by atoms with van der Waals surface area (Å²) in [7, 11) is 0. The number of allylic oxidation sites excluding steroid dienone is 2. The van der Waals surface area contributed by atoms with Gasteiger partial charge in [0.25, 0.3) is 0 Å². The number of hydrogen-bond donors (Lipinski definition) is 1. The molecule has 0 aromatic heterocycles. The summed E-state index contributed by atoms with van der Waals surface area (Å²) >= 11 is 0. The lowest BCUT2D eigenvalue weighted by Crippen LogP contribution is -2.31. The lowest BCUT2D eigenvalue weighted by atomic mass is 9.68. The highest BCUT2D eigenvalue weighted by Gasteiger charge is 2.38. The van der Waals surface area contributed by atoms with E-state index in [-0.39, 0.29) is 6.10 Å². The molecule has 0 radical (unpaired) electrons. The van der Waals surface area contributed by atoms with Crippen molar-refractivity contribution in [2.24, 2.45) is 23.2 Å². The van der Waals surface area contributed by atoms with E-state index < -0.39 is 0 Å². The summed E-state index contributed by atoms with van der Waals surface area (Å²) in [4.78, 5) is 0. The van der Waals surface area contributed by atoms with Gasteiger partial charge < -0.3 is 5.11 Å². The largest absolute Gasteiger partial charge is 0.393 e. The van der Waals surface area contributed by atoms with E-state index in [4.69, 9.17) is 0 Å². The molecule has 98 valence electrons. The van der Waals surface area contributed by atoms with Crippen molar-refractivity contribution in [2.75, 3.05) is 0 Å². The second kappa shape index (κ2) is 4.76. The molecule has 2 aliphatic carbocycles. The fraction of sp³-hybridized carbons (Fsp3) is 0.875. The molecule has 0 bridgehead atoms. The van der Waals surface area contributed by atoms with Crippen LogP contribution in [0.5, 0.6) is 0 Å². The van der Waals surface area contributed by atoms with Gasteiger partial charge in [-0.25, -0.2) is 0 Å². The number of hydrogen-bond acceptors (Lipinski definition) is 1. The summed E-state index contributed by atoms with van der Waals surface area (Å²) in [5.74, 6) is 2.33.